The molecule has 1 atom stereocenters. The minimum atomic E-state index is -0.846. The topological polar surface area (TPSA) is 109 Å². The molecule has 0 heterocycles. The molecular formula is C35H62O6. The Hall–Kier alpha value is -1.72. The second kappa shape index (κ2) is 24.8. The summed E-state index contributed by atoms with van der Waals surface area (Å²) in [6, 6.07) is 0. The maximum absolute atomic E-state index is 12.6. The number of carbonyl (C=O) groups excluding carboxylic acids is 2. The first-order valence-electron chi connectivity index (χ1n) is 17.3. The van der Waals surface area contributed by atoms with Crippen molar-refractivity contribution in [3.63, 3.8) is 0 Å². The van der Waals surface area contributed by atoms with Gasteiger partial charge in [-0.25, -0.2) is 0 Å². The van der Waals surface area contributed by atoms with Crippen molar-refractivity contribution in [3.8, 4) is 0 Å². The van der Waals surface area contributed by atoms with E-state index in [-0.39, 0.29) is 18.1 Å². The first-order valence-corrected chi connectivity index (χ1v) is 17.3. The summed E-state index contributed by atoms with van der Waals surface area (Å²) in [6.45, 7) is 1.96. The van der Waals surface area contributed by atoms with Gasteiger partial charge in [-0.3, -0.25) is 19.2 Å². The minimum absolute atomic E-state index is 0.0192. The van der Waals surface area contributed by atoms with Gasteiger partial charge in [0.2, 0.25) is 0 Å². The van der Waals surface area contributed by atoms with Crippen LogP contribution in [0.1, 0.15) is 180 Å². The SMILES string of the molecule is CCC[C@H](CC(=O)C1CCC(CCC(=O)CCCCCCCCCCCCCCCCCCC(=O)O)CC1)C(=O)O. The molecule has 6 nitrogen and oxygen atoms in total. The van der Waals surface area contributed by atoms with Gasteiger partial charge in [0.15, 0.2) is 0 Å². The molecule has 0 unspecified atom stereocenters. The average Bonchev–Trinajstić information content (AvgIpc) is 2.95. The van der Waals surface area contributed by atoms with E-state index in [1.165, 1.54) is 77.0 Å². The van der Waals surface area contributed by atoms with Gasteiger partial charge in [0.05, 0.1) is 5.92 Å². The third-order valence-electron chi connectivity index (χ3n) is 9.16. The summed E-state index contributed by atoms with van der Waals surface area (Å²) in [5.41, 5.74) is 0. The molecule has 1 aliphatic carbocycles. The van der Waals surface area contributed by atoms with Crippen LogP contribution in [-0.4, -0.2) is 33.7 Å². The monoisotopic (exact) mass is 578 g/mol. The van der Waals surface area contributed by atoms with Crippen molar-refractivity contribution >= 4 is 23.5 Å². The van der Waals surface area contributed by atoms with Gasteiger partial charge in [0.1, 0.15) is 11.6 Å². The first kappa shape index (κ1) is 37.3. The number of carboxylic acids is 2. The molecule has 0 aromatic rings. The predicted molar refractivity (Wildman–Crippen MR) is 166 cm³/mol. The van der Waals surface area contributed by atoms with Crippen molar-refractivity contribution in [1.29, 1.82) is 0 Å². The van der Waals surface area contributed by atoms with Crippen LogP contribution in [0, 0.1) is 17.8 Å². The number of ketones is 2. The molecule has 0 aromatic heterocycles. The van der Waals surface area contributed by atoms with Gasteiger partial charge in [-0.2, -0.15) is 0 Å². The van der Waals surface area contributed by atoms with Gasteiger partial charge in [-0.1, -0.05) is 103 Å². The third-order valence-corrected chi connectivity index (χ3v) is 9.16. The van der Waals surface area contributed by atoms with Crippen molar-refractivity contribution in [2.45, 2.75) is 180 Å². The van der Waals surface area contributed by atoms with E-state index in [0.29, 0.717) is 37.4 Å². The first-order chi connectivity index (χ1) is 19.8. The molecule has 0 radical (unpaired) electrons. The number of carboxylic acid groups (broad SMARTS) is 2. The molecule has 238 valence electrons. The summed E-state index contributed by atoms with van der Waals surface area (Å²) in [5.74, 6) is -0.973. The van der Waals surface area contributed by atoms with E-state index in [1.54, 1.807) is 0 Å². The van der Waals surface area contributed by atoms with Crippen LogP contribution in [0.15, 0.2) is 0 Å². The molecule has 1 fully saturated rings. The molecule has 0 amide bonds. The highest BCUT2D eigenvalue weighted by Crippen LogP contribution is 2.33. The van der Waals surface area contributed by atoms with Crippen LogP contribution in [0.5, 0.6) is 0 Å². The van der Waals surface area contributed by atoms with Crippen molar-refractivity contribution < 1.29 is 29.4 Å². The third kappa shape index (κ3) is 20.7. The average molecular weight is 579 g/mol. The number of hydrogen-bond acceptors (Lipinski definition) is 4. The Bertz CT molecular complexity index is 709. The summed E-state index contributed by atoms with van der Waals surface area (Å²) in [6.07, 6.45) is 27.5. The highest BCUT2D eigenvalue weighted by molar-refractivity contribution is 5.85. The van der Waals surface area contributed by atoms with E-state index in [1.807, 2.05) is 6.92 Å². The van der Waals surface area contributed by atoms with E-state index >= 15 is 0 Å². The summed E-state index contributed by atoms with van der Waals surface area (Å²) in [5, 5.41) is 18.0. The van der Waals surface area contributed by atoms with Crippen molar-refractivity contribution in [1.82, 2.24) is 0 Å². The standard InChI is InChI=1S/C35H62O6/c1-2-19-31(35(40)41)28-33(37)30-25-22-29(23-26-30)24-27-32(36)20-17-15-13-11-9-7-5-3-4-6-8-10-12-14-16-18-21-34(38)39/h29-31H,2-28H2,1H3,(H,38,39)(H,40,41)/t29?,30?,31-/m1/s1. The van der Waals surface area contributed by atoms with Crippen LogP contribution >= 0.6 is 0 Å². The zero-order valence-electron chi connectivity index (χ0n) is 26.4. The molecular weight excluding hydrogens is 516 g/mol. The van der Waals surface area contributed by atoms with Gasteiger partial charge in [-0.05, 0) is 57.3 Å². The van der Waals surface area contributed by atoms with E-state index in [9.17, 15) is 24.3 Å². The lowest BCUT2D eigenvalue weighted by Crippen LogP contribution is -2.26. The van der Waals surface area contributed by atoms with Gasteiger partial charge in [0, 0.05) is 31.6 Å². The molecule has 1 aliphatic rings. The van der Waals surface area contributed by atoms with Crippen LogP contribution in [-0.2, 0) is 19.2 Å². The lowest BCUT2D eigenvalue weighted by Gasteiger charge is -2.28. The van der Waals surface area contributed by atoms with Crippen LogP contribution < -0.4 is 0 Å². The maximum Gasteiger partial charge on any atom is 0.306 e. The fourth-order valence-corrected chi connectivity index (χ4v) is 6.41. The largest absolute Gasteiger partial charge is 0.481 e. The molecule has 0 aliphatic heterocycles. The number of hydrogen-bond donors (Lipinski definition) is 2. The van der Waals surface area contributed by atoms with Gasteiger partial charge in [0.25, 0.3) is 0 Å². The lowest BCUT2D eigenvalue weighted by molar-refractivity contribution is -0.144. The molecule has 2 N–H and O–H groups in total. The second-order valence-corrected chi connectivity index (χ2v) is 12.8. The van der Waals surface area contributed by atoms with Crippen molar-refractivity contribution in [2.24, 2.45) is 17.8 Å². The Labute approximate surface area is 250 Å². The van der Waals surface area contributed by atoms with Gasteiger partial charge in [-0.15, -0.1) is 0 Å². The molecule has 41 heavy (non-hydrogen) atoms. The Balaban J connectivity index is 1.89. The molecule has 1 rings (SSSR count). The van der Waals surface area contributed by atoms with E-state index in [4.69, 9.17) is 5.11 Å². The molecule has 0 spiro atoms. The second-order valence-electron chi connectivity index (χ2n) is 12.8. The molecule has 0 bridgehead atoms. The Kier molecular flexibility index (Phi) is 22.6. The molecule has 6 heteroatoms. The van der Waals surface area contributed by atoms with Crippen LogP contribution in [0.3, 0.4) is 0 Å². The minimum Gasteiger partial charge on any atom is -0.481 e. The fourth-order valence-electron chi connectivity index (χ4n) is 6.41. The Morgan fingerprint density at radius 2 is 1.05 bits per heavy atom. The summed E-state index contributed by atoms with van der Waals surface area (Å²) < 4.78 is 0. The number of Topliss-reactive ketones (excluding diaryl/α,β-unsaturated/α-hetero) is 2. The van der Waals surface area contributed by atoms with Gasteiger partial charge < -0.3 is 10.2 Å². The molecule has 0 aromatic carbocycles. The van der Waals surface area contributed by atoms with E-state index in [0.717, 1.165) is 64.2 Å². The molecule has 1 saturated carbocycles. The fraction of sp³-hybridized carbons (Fsp3) is 0.886. The van der Waals surface area contributed by atoms with Crippen molar-refractivity contribution in [2.75, 3.05) is 0 Å². The normalized spacial score (nSPS) is 17.8. The maximum atomic E-state index is 12.6. The van der Waals surface area contributed by atoms with Gasteiger partial charge >= 0.3 is 11.9 Å². The predicted octanol–water partition coefficient (Wildman–Crippen LogP) is 9.71. The summed E-state index contributed by atoms with van der Waals surface area (Å²) >= 11 is 0. The zero-order chi connectivity index (χ0) is 30.1. The van der Waals surface area contributed by atoms with Crippen molar-refractivity contribution in [3.05, 3.63) is 0 Å². The molecule has 0 saturated heterocycles. The quantitative estimate of drug-likeness (QED) is 0.0894. The van der Waals surface area contributed by atoms with E-state index in [2.05, 4.69) is 0 Å². The number of unbranched alkanes of at least 4 members (excludes halogenated alkanes) is 15. The highest BCUT2D eigenvalue weighted by atomic mass is 16.4. The number of rotatable bonds is 28. The summed E-state index contributed by atoms with van der Waals surface area (Å²) in [7, 11) is 0. The zero-order valence-corrected chi connectivity index (χ0v) is 26.4. The van der Waals surface area contributed by atoms with E-state index < -0.39 is 17.9 Å². The summed E-state index contributed by atoms with van der Waals surface area (Å²) in [4.78, 5) is 46.8. The smallest absolute Gasteiger partial charge is 0.306 e. The highest BCUT2D eigenvalue weighted by Gasteiger charge is 2.29. The number of carbonyl (C=O) groups is 4. The van der Waals surface area contributed by atoms with Crippen LogP contribution in [0.4, 0.5) is 0 Å². The Morgan fingerprint density at radius 1 is 0.610 bits per heavy atom. The lowest BCUT2D eigenvalue weighted by atomic mass is 9.76. The number of aliphatic carboxylic acids is 2. The Morgan fingerprint density at radius 3 is 1.46 bits per heavy atom. The van der Waals surface area contributed by atoms with Crippen LogP contribution in [0.2, 0.25) is 0 Å². The van der Waals surface area contributed by atoms with Crippen LogP contribution in [0.25, 0.3) is 0 Å².